The van der Waals surface area contributed by atoms with Gasteiger partial charge in [0.1, 0.15) is 5.82 Å². The van der Waals surface area contributed by atoms with E-state index in [2.05, 4.69) is 10.3 Å². The first kappa shape index (κ1) is 19.7. The van der Waals surface area contributed by atoms with Gasteiger partial charge in [-0.05, 0) is 48.9 Å². The van der Waals surface area contributed by atoms with Gasteiger partial charge in [-0.1, -0.05) is 23.8 Å². The van der Waals surface area contributed by atoms with E-state index in [4.69, 9.17) is 0 Å². The fourth-order valence-electron chi connectivity index (χ4n) is 2.61. The summed E-state index contributed by atoms with van der Waals surface area (Å²) in [5, 5.41) is 2.67. The van der Waals surface area contributed by atoms with E-state index in [-0.39, 0.29) is 17.8 Å². The summed E-state index contributed by atoms with van der Waals surface area (Å²) in [6.45, 7) is 2.09. The molecular formula is C20H17FN3O3S-. The van der Waals surface area contributed by atoms with Crippen molar-refractivity contribution in [1.82, 2.24) is 10.3 Å². The number of nitrogens with one attached hydrogen (secondary N) is 1. The number of benzene rings is 2. The average molecular weight is 398 g/mol. The van der Waals surface area contributed by atoms with Crippen LogP contribution in [0.5, 0.6) is 0 Å². The number of nitrogens with zero attached hydrogens (tertiary/aromatic N) is 2. The van der Waals surface area contributed by atoms with Crippen LogP contribution >= 0.6 is 0 Å². The molecule has 28 heavy (non-hydrogen) atoms. The van der Waals surface area contributed by atoms with Crippen LogP contribution in [-0.4, -0.2) is 19.7 Å². The SMILES string of the molecule is Cc1ccc(N(c2cc(F)cc(C(=O)NCc3cccnc3)c2)S(=O)[O-])cc1. The molecule has 0 aliphatic heterocycles. The van der Waals surface area contributed by atoms with Gasteiger partial charge in [0.25, 0.3) is 5.91 Å². The number of amides is 1. The molecule has 0 fully saturated rings. The van der Waals surface area contributed by atoms with E-state index in [9.17, 15) is 17.9 Å². The monoisotopic (exact) mass is 398 g/mol. The lowest BCUT2D eigenvalue weighted by molar-refractivity contribution is 0.0950. The topological polar surface area (TPSA) is 85.4 Å². The Morgan fingerprint density at radius 2 is 1.93 bits per heavy atom. The molecule has 0 saturated carbocycles. The van der Waals surface area contributed by atoms with Crippen molar-refractivity contribution in [2.45, 2.75) is 13.5 Å². The highest BCUT2D eigenvalue weighted by atomic mass is 32.2. The van der Waals surface area contributed by atoms with Gasteiger partial charge in [-0.2, -0.15) is 0 Å². The molecule has 2 aromatic carbocycles. The van der Waals surface area contributed by atoms with Crippen molar-refractivity contribution in [3.8, 4) is 0 Å². The van der Waals surface area contributed by atoms with E-state index in [0.717, 1.165) is 27.6 Å². The van der Waals surface area contributed by atoms with Crippen molar-refractivity contribution >= 4 is 28.5 Å². The minimum absolute atomic E-state index is 0.0152. The van der Waals surface area contributed by atoms with E-state index >= 15 is 0 Å². The predicted octanol–water partition coefficient (Wildman–Crippen LogP) is 3.39. The molecule has 6 nitrogen and oxygen atoms in total. The van der Waals surface area contributed by atoms with Crippen LogP contribution in [0.2, 0.25) is 0 Å². The number of rotatable bonds is 6. The largest absolute Gasteiger partial charge is 0.755 e. The highest BCUT2D eigenvalue weighted by Crippen LogP contribution is 2.28. The third kappa shape index (κ3) is 4.79. The molecule has 0 aliphatic rings. The smallest absolute Gasteiger partial charge is 0.251 e. The number of halogens is 1. The quantitative estimate of drug-likeness (QED) is 0.645. The molecule has 1 heterocycles. The lowest BCUT2D eigenvalue weighted by Gasteiger charge is -2.27. The van der Waals surface area contributed by atoms with Gasteiger partial charge in [0.2, 0.25) is 0 Å². The van der Waals surface area contributed by atoms with E-state index in [1.54, 1.807) is 48.8 Å². The van der Waals surface area contributed by atoms with Crippen molar-refractivity contribution in [3.05, 3.63) is 89.5 Å². The summed E-state index contributed by atoms with van der Waals surface area (Å²) in [5.41, 5.74) is 2.13. The molecule has 1 N–H and O–H groups in total. The summed E-state index contributed by atoms with van der Waals surface area (Å²) in [4.78, 5) is 16.4. The summed E-state index contributed by atoms with van der Waals surface area (Å²) in [7, 11) is 0. The van der Waals surface area contributed by atoms with E-state index in [0.29, 0.717) is 5.69 Å². The predicted molar refractivity (Wildman–Crippen MR) is 104 cm³/mol. The summed E-state index contributed by atoms with van der Waals surface area (Å²) < 4.78 is 38.6. The first-order valence-corrected chi connectivity index (χ1v) is 9.41. The summed E-state index contributed by atoms with van der Waals surface area (Å²) >= 11 is -2.70. The lowest BCUT2D eigenvalue weighted by Crippen LogP contribution is -2.24. The zero-order chi connectivity index (χ0) is 20.1. The minimum Gasteiger partial charge on any atom is -0.755 e. The van der Waals surface area contributed by atoms with Crippen LogP contribution in [-0.2, 0) is 17.8 Å². The zero-order valence-corrected chi connectivity index (χ0v) is 15.8. The van der Waals surface area contributed by atoms with Gasteiger partial charge in [0.15, 0.2) is 0 Å². The zero-order valence-electron chi connectivity index (χ0n) is 15.0. The maximum atomic E-state index is 14.1. The molecule has 0 bridgehead atoms. The second kappa shape index (κ2) is 8.73. The van der Waals surface area contributed by atoms with Gasteiger partial charge in [-0.15, -0.1) is 0 Å². The van der Waals surface area contributed by atoms with Crippen molar-refractivity contribution in [3.63, 3.8) is 0 Å². The van der Waals surface area contributed by atoms with Gasteiger partial charge in [0.05, 0.1) is 22.6 Å². The van der Waals surface area contributed by atoms with Crippen molar-refractivity contribution < 1.29 is 17.9 Å². The molecule has 1 aromatic heterocycles. The Bertz CT molecular complexity index is 997. The third-order valence-electron chi connectivity index (χ3n) is 3.97. The second-order valence-electron chi connectivity index (χ2n) is 6.09. The number of aromatic nitrogens is 1. The maximum absolute atomic E-state index is 14.1. The number of carbonyl (C=O) groups is 1. The number of hydrogen-bond donors (Lipinski definition) is 1. The third-order valence-corrected chi connectivity index (χ3v) is 4.69. The molecule has 144 valence electrons. The first-order valence-electron chi connectivity index (χ1n) is 8.38. The molecule has 0 saturated heterocycles. The van der Waals surface area contributed by atoms with E-state index in [1.807, 2.05) is 6.92 Å². The van der Waals surface area contributed by atoms with Gasteiger partial charge in [-0.25, -0.2) is 4.39 Å². The Hall–Kier alpha value is -3.10. The van der Waals surface area contributed by atoms with Crippen LogP contribution < -0.4 is 9.62 Å². The second-order valence-corrected chi connectivity index (χ2v) is 6.89. The minimum atomic E-state index is -2.70. The normalized spacial score (nSPS) is 11.7. The Labute approximate surface area is 164 Å². The van der Waals surface area contributed by atoms with Crippen LogP contribution in [0.3, 0.4) is 0 Å². The molecule has 1 unspecified atom stereocenters. The number of pyridine rings is 1. The number of anilines is 2. The Balaban J connectivity index is 1.87. The van der Waals surface area contributed by atoms with Crippen LogP contribution in [0.4, 0.5) is 15.8 Å². The number of aryl methyl sites for hydroxylation is 1. The van der Waals surface area contributed by atoms with Gasteiger partial charge in [-0.3, -0.25) is 18.3 Å². The van der Waals surface area contributed by atoms with Crippen LogP contribution in [0, 0.1) is 12.7 Å². The number of hydrogen-bond acceptors (Lipinski definition) is 4. The average Bonchev–Trinajstić information content (AvgIpc) is 2.68. The summed E-state index contributed by atoms with van der Waals surface area (Å²) in [6.07, 6.45) is 3.23. The molecule has 0 spiro atoms. The molecule has 0 aliphatic carbocycles. The van der Waals surface area contributed by atoms with E-state index < -0.39 is 23.0 Å². The fourth-order valence-corrected chi connectivity index (χ4v) is 3.18. The van der Waals surface area contributed by atoms with Crippen LogP contribution in [0.1, 0.15) is 21.5 Å². The standard InChI is InChI=1S/C20H18FN3O3S/c1-14-4-6-18(7-5-14)24(28(26)27)19-10-16(9-17(21)11-19)20(25)23-13-15-3-2-8-22-12-15/h2-12H,13H2,1H3,(H,23,25)(H,26,27)/p-1. The molecular weight excluding hydrogens is 381 g/mol. The Kier molecular flexibility index (Phi) is 6.13. The summed E-state index contributed by atoms with van der Waals surface area (Å²) in [5.74, 6) is -1.24. The van der Waals surface area contributed by atoms with Gasteiger partial charge in [0, 0.05) is 24.5 Å². The van der Waals surface area contributed by atoms with Gasteiger partial charge >= 0.3 is 0 Å². The van der Waals surface area contributed by atoms with E-state index in [1.165, 1.54) is 6.07 Å². The summed E-state index contributed by atoms with van der Waals surface area (Å²) in [6, 6.07) is 13.7. The van der Waals surface area contributed by atoms with Crippen molar-refractivity contribution in [2.24, 2.45) is 0 Å². The van der Waals surface area contributed by atoms with Crippen LogP contribution in [0.15, 0.2) is 67.0 Å². The molecule has 0 radical (unpaired) electrons. The lowest BCUT2D eigenvalue weighted by atomic mass is 10.1. The molecule has 1 amide bonds. The molecule has 3 rings (SSSR count). The first-order chi connectivity index (χ1) is 13.4. The molecule has 1 atom stereocenters. The Morgan fingerprint density at radius 3 is 2.57 bits per heavy atom. The van der Waals surface area contributed by atoms with Gasteiger partial charge < -0.3 is 9.87 Å². The highest BCUT2D eigenvalue weighted by molar-refractivity contribution is 7.81. The Morgan fingerprint density at radius 1 is 1.18 bits per heavy atom. The maximum Gasteiger partial charge on any atom is 0.251 e. The highest BCUT2D eigenvalue weighted by Gasteiger charge is 2.15. The van der Waals surface area contributed by atoms with Crippen LogP contribution in [0.25, 0.3) is 0 Å². The van der Waals surface area contributed by atoms with Crippen molar-refractivity contribution in [2.75, 3.05) is 4.31 Å². The number of carbonyl (C=O) groups excluding carboxylic acids is 1. The fraction of sp³-hybridized carbons (Fsp3) is 0.100. The molecule has 8 heteroatoms. The van der Waals surface area contributed by atoms with Crippen molar-refractivity contribution in [1.29, 1.82) is 0 Å². The molecule has 3 aromatic rings.